The van der Waals surface area contributed by atoms with Gasteiger partial charge < -0.3 is 19.0 Å². The van der Waals surface area contributed by atoms with E-state index in [1.165, 1.54) is 0 Å². The summed E-state index contributed by atoms with van der Waals surface area (Å²) in [5.74, 6) is 0.856. The van der Waals surface area contributed by atoms with E-state index in [4.69, 9.17) is 9.15 Å². The average molecular weight is 356 g/mol. The van der Waals surface area contributed by atoms with Crippen molar-refractivity contribution in [1.82, 2.24) is 4.90 Å². The summed E-state index contributed by atoms with van der Waals surface area (Å²) in [6.07, 6.45) is 1.79. The van der Waals surface area contributed by atoms with Crippen molar-refractivity contribution in [2.75, 3.05) is 25.6 Å². The number of carbonyl (C=O) groups excluding carboxylic acids is 2. The number of amides is 2. The Kier molecular flexibility index (Phi) is 5.02. The molecule has 26 heavy (non-hydrogen) atoms. The molecule has 138 valence electrons. The van der Waals surface area contributed by atoms with Gasteiger partial charge in [-0.2, -0.15) is 0 Å². The number of rotatable bonds is 5. The van der Waals surface area contributed by atoms with E-state index in [1.54, 1.807) is 36.3 Å². The summed E-state index contributed by atoms with van der Waals surface area (Å²) in [6, 6.07) is 9.16. The van der Waals surface area contributed by atoms with E-state index in [0.717, 1.165) is 17.0 Å². The number of anilines is 1. The number of furan rings is 1. The molecular formula is C20H24N2O4. The molecule has 2 atom stereocenters. The third kappa shape index (κ3) is 3.31. The van der Waals surface area contributed by atoms with Crippen molar-refractivity contribution in [3.63, 3.8) is 0 Å². The van der Waals surface area contributed by atoms with Crippen LogP contribution in [0.25, 0.3) is 0 Å². The van der Waals surface area contributed by atoms with E-state index in [1.807, 2.05) is 38.1 Å². The van der Waals surface area contributed by atoms with Crippen molar-refractivity contribution < 1.29 is 18.7 Å². The summed E-state index contributed by atoms with van der Waals surface area (Å²) < 4.78 is 10.8. The lowest BCUT2D eigenvalue weighted by molar-refractivity contribution is -0.136. The lowest BCUT2D eigenvalue weighted by atomic mass is 10.1. The predicted octanol–water partition coefficient (Wildman–Crippen LogP) is 3.17. The van der Waals surface area contributed by atoms with Crippen molar-refractivity contribution in [2.24, 2.45) is 5.92 Å². The van der Waals surface area contributed by atoms with Crippen LogP contribution in [0.4, 0.5) is 5.69 Å². The zero-order valence-corrected chi connectivity index (χ0v) is 15.6. The molecule has 1 aliphatic rings. The highest BCUT2D eigenvalue weighted by Crippen LogP contribution is 2.35. The van der Waals surface area contributed by atoms with Crippen LogP contribution in [0.2, 0.25) is 0 Å². The standard InChI is InChI=1S/C20H24N2O4/c1-13-7-8-18(25-4)16(10-13)22-12-15(11-19(22)23)20(24)21(3)14(2)17-6-5-9-26-17/h5-10,14-15H,11-12H2,1-4H3. The molecule has 2 unspecified atom stereocenters. The van der Waals surface area contributed by atoms with E-state index in [-0.39, 0.29) is 30.2 Å². The Morgan fingerprint density at radius 2 is 2.15 bits per heavy atom. The number of carbonyl (C=O) groups is 2. The van der Waals surface area contributed by atoms with E-state index < -0.39 is 0 Å². The Balaban J connectivity index is 1.77. The second kappa shape index (κ2) is 7.23. The Hall–Kier alpha value is -2.76. The number of methoxy groups -OCH3 is 1. The molecule has 0 N–H and O–H groups in total. The smallest absolute Gasteiger partial charge is 0.228 e. The quantitative estimate of drug-likeness (QED) is 0.825. The third-order valence-electron chi connectivity index (χ3n) is 4.98. The average Bonchev–Trinajstić information content (AvgIpc) is 3.29. The van der Waals surface area contributed by atoms with Crippen LogP contribution in [-0.2, 0) is 9.59 Å². The number of nitrogens with zero attached hydrogens (tertiary/aromatic N) is 2. The molecule has 1 saturated heterocycles. The molecule has 1 aromatic carbocycles. The van der Waals surface area contributed by atoms with Crippen molar-refractivity contribution >= 4 is 17.5 Å². The first-order chi connectivity index (χ1) is 12.4. The zero-order valence-electron chi connectivity index (χ0n) is 15.6. The SMILES string of the molecule is COc1ccc(C)cc1N1CC(C(=O)N(C)C(C)c2ccco2)CC1=O. The molecule has 0 bridgehead atoms. The maximum atomic E-state index is 12.9. The Morgan fingerprint density at radius 1 is 1.38 bits per heavy atom. The zero-order chi connectivity index (χ0) is 18.8. The van der Waals surface area contributed by atoms with Crippen LogP contribution in [0.15, 0.2) is 41.0 Å². The number of hydrogen-bond donors (Lipinski definition) is 0. The number of hydrogen-bond acceptors (Lipinski definition) is 4. The van der Waals surface area contributed by atoms with Gasteiger partial charge in [0.25, 0.3) is 0 Å². The summed E-state index contributed by atoms with van der Waals surface area (Å²) in [5, 5.41) is 0. The molecule has 0 radical (unpaired) electrons. The fourth-order valence-corrected chi connectivity index (χ4v) is 3.32. The second-order valence-electron chi connectivity index (χ2n) is 6.72. The van der Waals surface area contributed by atoms with Crippen LogP contribution in [0.1, 0.15) is 30.7 Å². The second-order valence-corrected chi connectivity index (χ2v) is 6.72. The minimum absolute atomic E-state index is 0.0589. The summed E-state index contributed by atoms with van der Waals surface area (Å²) in [7, 11) is 3.33. The van der Waals surface area contributed by atoms with Crippen molar-refractivity contribution in [1.29, 1.82) is 0 Å². The molecule has 6 heteroatoms. The van der Waals surface area contributed by atoms with Crippen LogP contribution in [0.5, 0.6) is 5.75 Å². The predicted molar refractivity (Wildman–Crippen MR) is 98.1 cm³/mol. The van der Waals surface area contributed by atoms with E-state index in [0.29, 0.717) is 12.3 Å². The molecule has 3 rings (SSSR count). The van der Waals surface area contributed by atoms with Crippen LogP contribution < -0.4 is 9.64 Å². The topological polar surface area (TPSA) is 63.0 Å². The van der Waals surface area contributed by atoms with Gasteiger partial charge in [-0.25, -0.2) is 0 Å². The maximum absolute atomic E-state index is 12.9. The van der Waals surface area contributed by atoms with Gasteiger partial charge in [0.1, 0.15) is 11.5 Å². The fraction of sp³-hybridized carbons (Fsp3) is 0.400. The molecule has 2 heterocycles. The lowest BCUT2D eigenvalue weighted by Gasteiger charge is -2.26. The van der Waals surface area contributed by atoms with Gasteiger partial charge in [-0.1, -0.05) is 6.07 Å². The number of benzene rings is 1. The molecule has 0 saturated carbocycles. The molecule has 2 aromatic rings. The fourth-order valence-electron chi connectivity index (χ4n) is 3.32. The molecule has 1 aliphatic heterocycles. The lowest BCUT2D eigenvalue weighted by Crippen LogP contribution is -2.36. The van der Waals surface area contributed by atoms with Gasteiger partial charge in [-0.3, -0.25) is 9.59 Å². The van der Waals surface area contributed by atoms with Gasteiger partial charge in [-0.15, -0.1) is 0 Å². The highest BCUT2D eigenvalue weighted by Gasteiger charge is 2.38. The van der Waals surface area contributed by atoms with Gasteiger partial charge in [-0.05, 0) is 43.7 Å². The number of aryl methyl sites for hydroxylation is 1. The Bertz CT molecular complexity index is 800. The van der Waals surface area contributed by atoms with Crippen LogP contribution in [0, 0.1) is 12.8 Å². The minimum Gasteiger partial charge on any atom is -0.495 e. The van der Waals surface area contributed by atoms with Gasteiger partial charge >= 0.3 is 0 Å². The van der Waals surface area contributed by atoms with Crippen LogP contribution >= 0.6 is 0 Å². The highest BCUT2D eigenvalue weighted by molar-refractivity contribution is 6.01. The van der Waals surface area contributed by atoms with E-state index in [2.05, 4.69) is 0 Å². The molecule has 2 amide bonds. The Labute approximate surface area is 153 Å². The van der Waals surface area contributed by atoms with Crippen molar-refractivity contribution in [3.8, 4) is 5.75 Å². The summed E-state index contributed by atoms with van der Waals surface area (Å²) in [6.45, 7) is 4.23. The van der Waals surface area contributed by atoms with Crippen molar-refractivity contribution in [3.05, 3.63) is 47.9 Å². The normalized spacial score (nSPS) is 18.1. The summed E-state index contributed by atoms with van der Waals surface area (Å²) >= 11 is 0. The molecule has 1 aromatic heterocycles. The summed E-state index contributed by atoms with van der Waals surface area (Å²) in [4.78, 5) is 28.8. The largest absolute Gasteiger partial charge is 0.495 e. The van der Waals surface area contributed by atoms with Crippen LogP contribution in [-0.4, -0.2) is 37.4 Å². The minimum atomic E-state index is -0.380. The maximum Gasteiger partial charge on any atom is 0.228 e. The van der Waals surface area contributed by atoms with Gasteiger partial charge in [0, 0.05) is 20.0 Å². The first kappa shape index (κ1) is 18.0. The van der Waals surface area contributed by atoms with Gasteiger partial charge in [0.2, 0.25) is 11.8 Å². The van der Waals surface area contributed by atoms with Gasteiger partial charge in [0.05, 0.1) is 31.0 Å². The monoisotopic (exact) mass is 356 g/mol. The van der Waals surface area contributed by atoms with Crippen LogP contribution in [0.3, 0.4) is 0 Å². The van der Waals surface area contributed by atoms with Crippen molar-refractivity contribution in [2.45, 2.75) is 26.3 Å². The molecule has 0 spiro atoms. The summed E-state index contributed by atoms with van der Waals surface area (Å²) in [5.41, 5.74) is 1.75. The van der Waals surface area contributed by atoms with Gasteiger partial charge in [0.15, 0.2) is 0 Å². The Morgan fingerprint density at radius 3 is 2.81 bits per heavy atom. The first-order valence-electron chi connectivity index (χ1n) is 8.67. The van der Waals surface area contributed by atoms with E-state index in [9.17, 15) is 9.59 Å². The first-order valence-corrected chi connectivity index (χ1v) is 8.67. The molecule has 1 fully saturated rings. The van der Waals surface area contributed by atoms with E-state index >= 15 is 0 Å². The number of ether oxygens (including phenoxy) is 1. The molecular weight excluding hydrogens is 332 g/mol. The third-order valence-corrected chi connectivity index (χ3v) is 4.98. The molecule has 0 aliphatic carbocycles. The highest BCUT2D eigenvalue weighted by atomic mass is 16.5. The molecule has 6 nitrogen and oxygen atoms in total.